The van der Waals surface area contributed by atoms with Gasteiger partial charge in [0.25, 0.3) is 0 Å². The van der Waals surface area contributed by atoms with Crippen molar-refractivity contribution in [1.82, 2.24) is 10.3 Å². The topological polar surface area (TPSA) is 37.4 Å². The number of anilines is 1. The average Bonchev–Trinajstić information content (AvgIpc) is 2.47. The molecule has 1 aromatic heterocycles. The third-order valence-electron chi connectivity index (χ3n) is 3.67. The quantitative estimate of drug-likeness (QED) is 0.811. The second-order valence-electron chi connectivity index (χ2n) is 5.50. The Kier molecular flexibility index (Phi) is 5.80. The highest BCUT2D eigenvalue weighted by Gasteiger charge is 2.20. The van der Waals surface area contributed by atoms with Gasteiger partial charge in [-0.25, -0.2) is 4.98 Å². The number of hydrogen-bond acceptors (Lipinski definition) is 4. The van der Waals surface area contributed by atoms with Crippen LogP contribution in [-0.4, -0.2) is 37.3 Å². The molecule has 1 unspecified atom stereocenters. The molecule has 1 aliphatic heterocycles. The van der Waals surface area contributed by atoms with E-state index in [0.717, 1.165) is 50.7 Å². The van der Waals surface area contributed by atoms with Gasteiger partial charge in [0, 0.05) is 25.3 Å². The van der Waals surface area contributed by atoms with Gasteiger partial charge in [-0.2, -0.15) is 0 Å². The molecule has 20 heavy (non-hydrogen) atoms. The Morgan fingerprint density at radius 2 is 2.25 bits per heavy atom. The Morgan fingerprint density at radius 3 is 3.00 bits per heavy atom. The summed E-state index contributed by atoms with van der Waals surface area (Å²) in [6.07, 6.45) is 2.57. The predicted octanol–water partition coefficient (Wildman–Crippen LogP) is 2.50. The van der Waals surface area contributed by atoms with Crippen LogP contribution in [0.15, 0.2) is 12.1 Å². The standard InChI is InChI=1S/C16H27N3O/c1-4-6-17-11-14-9-13(3)18-16(10-14)19-7-8-20-15(5-2)12-19/h9-10,15,17H,4-8,11-12H2,1-3H3. The van der Waals surface area contributed by atoms with Gasteiger partial charge in [0.1, 0.15) is 5.82 Å². The minimum absolute atomic E-state index is 0.340. The lowest BCUT2D eigenvalue weighted by atomic mass is 10.2. The van der Waals surface area contributed by atoms with E-state index < -0.39 is 0 Å². The molecule has 1 atom stereocenters. The van der Waals surface area contributed by atoms with Crippen LogP contribution in [0.1, 0.15) is 37.9 Å². The molecule has 0 bridgehead atoms. The van der Waals surface area contributed by atoms with Gasteiger partial charge in [-0.05, 0) is 44.0 Å². The third kappa shape index (κ3) is 4.18. The molecule has 112 valence electrons. The van der Waals surface area contributed by atoms with Crippen molar-refractivity contribution < 1.29 is 4.74 Å². The number of aryl methyl sites for hydroxylation is 1. The van der Waals surface area contributed by atoms with Crippen LogP contribution in [0, 0.1) is 6.92 Å². The van der Waals surface area contributed by atoms with Gasteiger partial charge >= 0.3 is 0 Å². The SMILES string of the molecule is CCCNCc1cc(C)nc(N2CCOC(CC)C2)c1. The second kappa shape index (κ2) is 7.60. The molecule has 2 rings (SSSR count). The molecule has 1 aliphatic rings. The molecular weight excluding hydrogens is 250 g/mol. The van der Waals surface area contributed by atoms with Gasteiger partial charge in [-0.15, -0.1) is 0 Å². The van der Waals surface area contributed by atoms with Crippen LogP contribution in [0.5, 0.6) is 0 Å². The van der Waals surface area contributed by atoms with Crippen molar-refractivity contribution in [2.75, 3.05) is 31.1 Å². The van der Waals surface area contributed by atoms with Crippen LogP contribution in [0.4, 0.5) is 5.82 Å². The van der Waals surface area contributed by atoms with Crippen LogP contribution >= 0.6 is 0 Å². The summed E-state index contributed by atoms with van der Waals surface area (Å²) in [5.74, 6) is 1.10. The summed E-state index contributed by atoms with van der Waals surface area (Å²) in [5, 5.41) is 3.46. The summed E-state index contributed by atoms with van der Waals surface area (Å²) in [7, 11) is 0. The minimum Gasteiger partial charge on any atom is -0.375 e. The Balaban J connectivity index is 2.06. The van der Waals surface area contributed by atoms with Crippen LogP contribution in [0.2, 0.25) is 0 Å². The molecule has 2 heterocycles. The highest BCUT2D eigenvalue weighted by atomic mass is 16.5. The number of hydrogen-bond donors (Lipinski definition) is 1. The summed E-state index contributed by atoms with van der Waals surface area (Å²) in [6.45, 7) is 11.1. The highest BCUT2D eigenvalue weighted by Crippen LogP contribution is 2.19. The van der Waals surface area contributed by atoms with Crippen LogP contribution < -0.4 is 10.2 Å². The van der Waals surface area contributed by atoms with Crippen LogP contribution in [0.25, 0.3) is 0 Å². The maximum Gasteiger partial charge on any atom is 0.129 e. The highest BCUT2D eigenvalue weighted by molar-refractivity contribution is 5.43. The molecule has 1 saturated heterocycles. The average molecular weight is 277 g/mol. The van der Waals surface area contributed by atoms with Gasteiger partial charge in [-0.1, -0.05) is 13.8 Å². The van der Waals surface area contributed by atoms with E-state index >= 15 is 0 Å². The number of pyridine rings is 1. The third-order valence-corrected chi connectivity index (χ3v) is 3.67. The zero-order chi connectivity index (χ0) is 14.4. The van der Waals surface area contributed by atoms with Gasteiger partial charge in [0.2, 0.25) is 0 Å². The van der Waals surface area contributed by atoms with E-state index in [0.29, 0.717) is 6.10 Å². The van der Waals surface area contributed by atoms with Crippen molar-refractivity contribution in [3.05, 3.63) is 23.4 Å². The Morgan fingerprint density at radius 1 is 1.40 bits per heavy atom. The fourth-order valence-corrected chi connectivity index (χ4v) is 2.57. The second-order valence-corrected chi connectivity index (χ2v) is 5.50. The fourth-order valence-electron chi connectivity index (χ4n) is 2.57. The van der Waals surface area contributed by atoms with Gasteiger partial charge in [0.15, 0.2) is 0 Å². The van der Waals surface area contributed by atoms with Crippen molar-refractivity contribution in [1.29, 1.82) is 0 Å². The number of aromatic nitrogens is 1. The van der Waals surface area contributed by atoms with Crippen molar-refractivity contribution in [2.24, 2.45) is 0 Å². The largest absolute Gasteiger partial charge is 0.375 e. The molecule has 4 nitrogen and oxygen atoms in total. The van der Waals surface area contributed by atoms with Crippen molar-refractivity contribution in [3.63, 3.8) is 0 Å². The molecule has 1 N–H and O–H groups in total. The first-order chi connectivity index (χ1) is 9.72. The summed E-state index contributed by atoms with van der Waals surface area (Å²) in [5.41, 5.74) is 2.41. The maximum atomic E-state index is 5.74. The normalized spacial score (nSPS) is 19.4. The molecule has 0 saturated carbocycles. The lowest BCUT2D eigenvalue weighted by Crippen LogP contribution is -2.42. The monoisotopic (exact) mass is 277 g/mol. The molecular formula is C16H27N3O. The molecule has 0 spiro atoms. The number of ether oxygens (including phenoxy) is 1. The van der Waals surface area contributed by atoms with Crippen LogP contribution in [-0.2, 0) is 11.3 Å². The van der Waals surface area contributed by atoms with Gasteiger partial charge in [0.05, 0.1) is 12.7 Å². The van der Waals surface area contributed by atoms with E-state index in [9.17, 15) is 0 Å². The Hall–Kier alpha value is -1.13. The number of nitrogens with one attached hydrogen (secondary N) is 1. The van der Waals surface area contributed by atoms with E-state index in [-0.39, 0.29) is 0 Å². The van der Waals surface area contributed by atoms with E-state index in [1.54, 1.807) is 0 Å². The van der Waals surface area contributed by atoms with E-state index in [2.05, 4.69) is 43.1 Å². The first-order valence-electron chi connectivity index (χ1n) is 7.77. The van der Waals surface area contributed by atoms with Gasteiger partial charge in [-0.3, -0.25) is 0 Å². The molecule has 0 amide bonds. The number of rotatable bonds is 6. The first-order valence-corrected chi connectivity index (χ1v) is 7.77. The molecule has 0 radical (unpaired) electrons. The van der Waals surface area contributed by atoms with Crippen molar-refractivity contribution in [3.8, 4) is 0 Å². The van der Waals surface area contributed by atoms with Crippen molar-refractivity contribution in [2.45, 2.75) is 46.3 Å². The lowest BCUT2D eigenvalue weighted by Gasteiger charge is -2.33. The summed E-state index contributed by atoms with van der Waals surface area (Å²) < 4.78 is 5.74. The number of morpholine rings is 1. The van der Waals surface area contributed by atoms with E-state index in [4.69, 9.17) is 9.72 Å². The summed E-state index contributed by atoms with van der Waals surface area (Å²) >= 11 is 0. The molecule has 1 aromatic rings. The lowest BCUT2D eigenvalue weighted by molar-refractivity contribution is 0.0381. The zero-order valence-electron chi connectivity index (χ0n) is 13.0. The predicted molar refractivity (Wildman–Crippen MR) is 83.2 cm³/mol. The molecule has 0 aromatic carbocycles. The number of nitrogens with zero attached hydrogens (tertiary/aromatic N) is 2. The smallest absolute Gasteiger partial charge is 0.129 e. The summed E-state index contributed by atoms with van der Waals surface area (Å²) in [4.78, 5) is 7.05. The van der Waals surface area contributed by atoms with Crippen molar-refractivity contribution >= 4 is 5.82 Å². The minimum atomic E-state index is 0.340. The molecule has 4 heteroatoms. The Bertz CT molecular complexity index is 422. The summed E-state index contributed by atoms with van der Waals surface area (Å²) in [6, 6.07) is 4.39. The zero-order valence-corrected chi connectivity index (χ0v) is 13.0. The van der Waals surface area contributed by atoms with E-state index in [1.807, 2.05) is 0 Å². The van der Waals surface area contributed by atoms with E-state index in [1.165, 1.54) is 12.0 Å². The first kappa shape index (κ1) is 15.3. The molecule has 0 aliphatic carbocycles. The van der Waals surface area contributed by atoms with Gasteiger partial charge < -0.3 is 15.0 Å². The van der Waals surface area contributed by atoms with Crippen LogP contribution in [0.3, 0.4) is 0 Å². The molecule has 1 fully saturated rings. The fraction of sp³-hybridized carbons (Fsp3) is 0.688. The maximum absolute atomic E-state index is 5.74. The Labute approximate surface area is 122 Å².